The predicted octanol–water partition coefficient (Wildman–Crippen LogP) is 10.5. The van der Waals surface area contributed by atoms with Crippen LogP contribution < -0.4 is 11.5 Å². The van der Waals surface area contributed by atoms with Gasteiger partial charge in [0.05, 0.1) is 0 Å². The van der Waals surface area contributed by atoms with Crippen LogP contribution in [0.15, 0.2) is 29.8 Å². The lowest BCUT2D eigenvalue weighted by molar-refractivity contribution is -0.313. The molecule has 0 radical (unpaired) electrons. The lowest BCUT2D eigenvalue weighted by Gasteiger charge is -2.68. The average Bonchev–Trinajstić information content (AvgIpc) is 3.19. The molecule has 0 aliphatic heterocycles. The van der Waals surface area contributed by atoms with Crippen LogP contribution in [0, 0.1) is 57.2 Å². The normalized spacial score (nSPS) is 40.4. The molecule has 236 valence electrons. The van der Waals surface area contributed by atoms with Crippen molar-refractivity contribution < 1.29 is 10.1 Å². The first-order valence-electron chi connectivity index (χ1n) is 17.3. The zero-order chi connectivity index (χ0) is 30.7. The summed E-state index contributed by atoms with van der Waals surface area (Å²) < 4.78 is 0. The molecule has 4 aliphatic rings. The second-order valence-electron chi connectivity index (χ2n) is 17.0. The minimum absolute atomic E-state index is 0.0321. The van der Waals surface area contributed by atoms with Gasteiger partial charge in [-0.2, -0.15) is 0 Å². The van der Waals surface area contributed by atoms with Crippen LogP contribution in [-0.2, 0) is 4.89 Å². The summed E-state index contributed by atoms with van der Waals surface area (Å²) in [6, 6.07) is 5.64. The van der Waals surface area contributed by atoms with E-state index in [1.807, 2.05) is 12.1 Å². The van der Waals surface area contributed by atoms with Crippen LogP contribution in [0.25, 0.3) is 0 Å². The molecular formula is C38H62N2O2. The maximum absolute atomic E-state index is 10.2. The third kappa shape index (κ3) is 5.05. The van der Waals surface area contributed by atoms with Gasteiger partial charge in [-0.1, -0.05) is 59.6 Å². The maximum Gasteiger partial charge on any atom is 0.121 e. The second-order valence-corrected chi connectivity index (χ2v) is 17.0. The zero-order valence-corrected chi connectivity index (χ0v) is 28.1. The Kier molecular flexibility index (Phi) is 8.69. The Hall–Kier alpha value is -1.52. The minimum atomic E-state index is -0.408. The molecule has 42 heavy (non-hydrogen) atoms. The van der Waals surface area contributed by atoms with Gasteiger partial charge in [-0.3, -0.25) is 5.26 Å². The van der Waals surface area contributed by atoms with Crippen molar-refractivity contribution in [3.8, 4) is 0 Å². The summed E-state index contributed by atoms with van der Waals surface area (Å²) in [6.07, 6.45) is 16.5. The molecule has 10 unspecified atom stereocenters. The maximum atomic E-state index is 10.2. The smallest absolute Gasteiger partial charge is 0.121 e. The molecule has 0 heterocycles. The number of anilines is 2. The molecule has 0 amide bonds. The van der Waals surface area contributed by atoms with Gasteiger partial charge in [0.1, 0.15) is 6.10 Å². The standard InChI is InChI=1S/C38H62N2O2/c1-24(2)11-9-10-12-25(3)29-16-19-38(8)31-13-14-33-35(4,5)32(34(42-41)26-21-27(39)23-28(40)22-26)15-18-36(33,6)30(31)17-20-37(29,38)7/h11,21-23,25,29-34,41H,9-10,12-20,39-40H2,1-8H3. The number of allylic oxidation sites excluding steroid dienone is 2. The number of nitrogen functional groups attached to an aromatic ring is 2. The Labute approximate surface area is 257 Å². The van der Waals surface area contributed by atoms with Gasteiger partial charge in [0, 0.05) is 11.4 Å². The molecule has 0 saturated heterocycles. The van der Waals surface area contributed by atoms with Gasteiger partial charge in [-0.15, -0.1) is 0 Å². The number of hydrogen-bond acceptors (Lipinski definition) is 4. The molecule has 1 aromatic carbocycles. The van der Waals surface area contributed by atoms with Crippen LogP contribution in [0.1, 0.15) is 138 Å². The third-order valence-electron chi connectivity index (χ3n) is 14.5. The van der Waals surface area contributed by atoms with Gasteiger partial charge in [0.25, 0.3) is 0 Å². The highest BCUT2D eigenvalue weighted by Crippen LogP contribution is 2.75. The number of rotatable bonds is 8. The number of nitrogens with two attached hydrogens (primary N) is 2. The van der Waals surface area contributed by atoms with Crippen molar-refractivity contribution in [3.63, 3.8) is 0 Å². The molecule has 4 nitrogen and oxygen atoms in total. The first kappa shape index (κ1) is 31.9. The van der Waals surface area contributed by atoms with Crippen molar-refractivity contribution in [2.45, 2.75) is 132 Å². The van der Waals surface area contributed by atoms with Gasteiger partial charge in [-0.05, 0) is 159 Å². The number of hydrogen-bond donors (Lipinski definition) is 3. The number of unbranched alkanes of at least 4 members (excludes halogenated alkanes) is 1. The molecule has 0 bridgehead atoms. The fourth-order valence-corrected chi connectivity index (χ4v) is 12.3. The summed E-state index contributed by atoms with van der Waals surface area (Å²) in [4.78, 5) is 5.29. The molecular weight excluding hydrogens is 516 g/mol. The van der Waals surface area contributed by atoms with Crippen LogP contribution in [0.3, 0.4) is 0 Å². The van der Waals surface area contributed by atoms with Crippen molar-refractivity contribution in [3.05, 3.63) is 35.4 Å². The first-order valence-corrected chi connectivity index (χ1v) is 17.3. The summed E-state index contributed by atoms with van der Waals surface area (Å²) >= 11 is 0. The van der Waals surface area contributed by atoms with E-state index in [9.17, 15) is 5.26 Å². The summed E-state index contributed by atoms with van der Waals surface area (Å²) in [5.41, 5.74) is 17.2. The summed E-state index contributed by atoms with van der Waals surface area (Å²) in [6.45, 7) is 20.0. The van der Waals surface area contributed by atoms with Crippen molar-refractivity contribution >= 4 is 11.4 Å². The highest BCUT2D eigenvalue weighted by molar-refractivity contribution is 5.55. The average molecular weight is 579 g/mol. The van der Waals surface area contributed by atoms with E-state index in [0.717, 1.165) is 35.7 Å². The molecule has 5 rings (SSSR count). The Morgan fingerprint density at radius 3 is 2.17 bits per heavy atom. The van der Waals surface area contributed by atoms with Gasteiger partial charge in [-0.25, -0.2) is 4.89 Å². The lowest BCUT2D eigenvalue weighted by atomic mass is 9.37. The molecule has 4 heteroatoms. The predicted molar refractivity (Wildman–Crippen MR) is 177 cm³/mol. The number of fused-ring (bicyclic) bond motifs is 5. The monoisotopic (exact) mass is 578 g/mol. The summed E-state index contributed by atoms with van der Waals surface area (Å²) in [7, 11) is 0. The van der Waals surface area contributed by atoms with E-state index in [0.29, 0.717) is 33.5 Å². The van der Waals surface area contributed by atoms with Gasteiger partial charge in [0.2, 0.25) is 0 Å². The van der Waals surface area contributed by atoms with Crippen LogP contribution in [0.5, 0.6) is 0 Å². The van der Waals surface area contributed by atoms with E-state index in [-0.39, 0.29) is 11.3 Å². The summed E-state index contributed by atoms with van der Waals surface area (Å²) in [5.74, 6) is 4.12. The summed E-state index contributed by atoms with van der Waals surface area (Å²) in [5, 5.41) is 10.2. The van der Waals surface area contributed by atoms with Crippen molar-refractivity contribution in [2.24, 2.45) is 57.2 Å². The number of benzene rings is 1. The van der Waals surface area contributed by atoms with Gasteiger partial charge >= 0.3 is 0 Å². The van der Waals surface area contributed by atoms with E-state index >= 15 is 0 Å². The highest BCUT2D eigenvalue weighted by atomic mass is 17.1. The SMILES string of the molecule is CC(C)=CCCCC(C)C1CCC2(C)C3CCC4C(C)(C)C(C(OO)c5cc(N)cc(N)c5)CCC4(C)C3CCC12C. The molecule has 4 saturated carbocycles. The van der Waals surface area contributed by atoms with Gasteiger partial charge < -0.3 is 11.5 Å². The zero-order valence-electron chi connectivity index (χ0n) is 28.1. The molecule has 5 N–H and O–H groups in total. The molecule has 0 aromatic heterocycles. The van der Waals surface area contributed by atoms with E-state index in [1.54, 1.807) is 6.07 Å². The van der Waals surface area contributed by atoms with Crippen molar-refractivity contribution in [1.29, 1.82) is 0 Å². The van der Waals surface area contributed by atoms with Crippen LogP contribution in [0.2, 0.25) is 0 Å². The van der Waals surface area contributed by atoms with E-state index in [4.69, 9.17) is 16.4 Å². The largest absolute Gasteiger partial charge is 0.399 e. The Bertz CT molecular complexity index is 1140. The van der Waals surface area contributed by atoms with E-state index in [1.165, 1.54) is 69.8 Å². The van der Waals surface area contributed by atoms with Crippen molar-refractivity contribution in [2.75, 3.05) is 11.5 Å². The fraction of sp³-hybridized carbons (Fsp3) is 0.789. The quantitative estimate of drug-likeness (QED) is 0.0942. The molecule has 0 spiro atoms. The topological polar surface area (TPSA) is 81.5 Å². The van der Waals surface area contributed by atoms with Gasteiger partial charge in [0.15, 0.2) is 0 Å². The van der Waals surface area contributed by atoms with Crippen LogP contribution in [0.4, 0.5) is 11.4 Å². The first-order chi connectivity index (χ1) is 19.7. The lowest BCUT2D eigenvalue weighted by Crippen LogP contribution is -2.61. The highest BCUT2D eigenvalue weighted by Gasteiger charge is 2.67. The van der Waals surface area contributed by atoms with E-state index in [2.05, 4.69) is 61.5 Å². The molecule has 10 atom stereocenters. The van der Waals surface area contributed by atoms with Crippen LogP contribution in [-0.4, -0.2) is 5.26 Å². The second kappa shape index (κ2) is 11.4. The van der Waals surface area contributed by atoms with Crippen LogP contribution >= 0.6 is 0 Å². The van der Waals surface area contributed by atoms with E-state index < -0.39 is 6.10 Å². The van der Waals surface area contributed by atoms with Crippen molar-refractivity contribution in [1.82, 2.24) is 0 Å². The third-order valence-corrected chi connectivity index (χ3v) is 14.5. The molecule has 4 fully saturated rings. The Balaban J connectivity index is 1.36. The molecule has 4 aliphatic carbocycles. The minimum Gasteiger partial charge on any atom is -0.399 e. The fourth-order valence-electron chi connectivity index (χ4n) is 12.3. The molecule has 1 aromatic rings. The Morgan fingerprint density at radius 1 is 0.881 bits per heavy atom. The Morgan fingerprint density at radius 2 is 1.52 bits per heavy atom.